The Morgan fingerprint density at radius 1 is 1.50 bits per heavy atom. The number of likely N-dealkylation sites (N-methyl/N-ethyl adjacent to an activating group) is 1. The van der Waals surface area contributed by atoms with Crippen LogP contribution < -0.4 is 0 Å². The van der Waals surface area contributed by atoms with Crippen LogP contribution in [-0.4, -0.2) is 66.7 Å². The zero-order valence-electron chi connectivity index (χ0n) is 11.4. The molecule has 1 saturated heterocycles. The molecule has 1 aliphatic heterocycles. The fraction of sp³-hybridized carbons (Fsp3) is 0.909. The normalized spacial score (nSPS) is 22.2. The molecule has 0 aliphatic carbocycles. The van der Waals surface area contributed by atoms with Crippen molar-refractivity contribution in [1.29, 1.82) is 0 Å². The van der Waals surface area contributed by atoms with Crippen molar-refractivity contribution in [3.05, 3.63) is 0 Å². The molecule has 0 aromatic heterocycles. The second-order valence-electron chi connectivity index (χ2n) is 5.54. The highest BCUT2D eigenvalue weighted by molar-refractivity contribution is 7.88. The molecule has 0 saturated carbocycles. The maximum absolute atomic E-state index is 12.2. The van der Waals surface area contributed by atoms with Crippen molar-refractivity contribution in [1.82, 2.24) is 9.21 Å². The standard InChI is InChI=1S/C11H22N2O4S/c1-11(2,15)8-12(3)10(14)9-6-5-7-13(9)18(4,16)17/h9,15H,5-8H2,1-4H3. The Balaban J connectivity index is 2.78. The monoisotopic (exact) mass is 278 g/mol. The molecule has 1 aliphatic rings. The second-order valence-corrected chi connectivity index (χ2v) is 7.47. The molecular weight excluding hydrogens is 256 g/mol. The van der Waals surface area contributed by atoms with Crippen LogP contribution in [0.3, 0.4) is 0 Å². The number of hydrogen-bond donors (Lipinski definition) is 1. The van der Waals surface area contributed by atoms with E-state index in [1.54, 1.807) is 20.9 Å². The van der Waals surface area contributed by atoms with Crippen molar-refractivity contribution in [2.24, 2.45) is 0 Å². The van der Waals surface area contributed by atoms with Crippen molar-refractivity contribution in [2.75, 3.05) is 26.4 Å². The number of nitrogens with zero attached hydrogens (tertiary/aromatic N) is 2. The van der Waals surface area contributed by atoms with Crippen molar-refractivity contribution < 1.29 is 18.3 Å². The smallest absolute Gasteiger partial charge is 0.240 e. The maximum atomic E-state index is 12.2. The highest BCUT2D eigenvalue weighted by Gasteiger charge is 2.38. The van der Waals surface area contributed by atoms with E-state index in [0.29, 0.717) is 19.4 Å². The van der Waals surface area contributed by atoms with Gasteiger partial charge < -0.3 is 10.0 Å². The minimum absolute atomic E-state index is 0.180. The topological polar surface area (TPSA) is 77.9 Å². The van der Waals surface area contributed by atoms with Crippen molar-refractivity contribution >= 4 is 15.9 Å². The van der Waals surface area contributed by atoms with Crippen LogP contribution in [0.1, 0.15) is 26.7 Å². The lowest BCUT2D eigenvalue weighted by molar-refractivity contribution is -0.135. The molecule has 0 bridgehead atoms. The summed E-state index contributed by atoms with van der Waals surface area (Å²) in [5.74, 6) is -0.250. The lowest BCUT2D eigenvalue weighted by atomic mass is 10.1. The highest BCUT2D eigenvalue weighted by Crippen LogP contribution is 2.22. The first-order valence-corrected chi connectivity index (χ1v) is 7.81. The fourth-order valence-corrected chi connectivity index (χ4v) is 3.42. The summed E-state index contributed by atoms with van der Waals surface area (Å²) >= 11 is 0. The molecule has 0 aromatic carbocycles. The predicted molar refractivity (Wildman–Crippen MR) is 68.5 cm³/mol. The summed E-state index contributed by atoms with van der Waals surface area (Å²) in [4.78, 5) is 13.6. The Labute approximate surface area is 109 Å². The van der Waals surface area contributed by atoms with Crippen LogP contribution in [0, 0.1) is 0 Å². The number of hydrogen-bond acceptors (Lipinski definition) is 4. The first-order chi connectivity index (χ1) is 8.02. The Bertz CT molecular complexity index is 413. The lowest BCUT2D eigenvalue weighted by Gasteiger charge is -2.30. The summed E-state index contributed by atoms with van der Waals surface area (Å²) in [6.45, 7) is 3.80. The third-order valence-electron chi connectivity index (χ3n) is 2.92. The van der Waals surface area contributed by atoms with Gasteiger partial charge in [-0.05, 0) is 26.7 Å². The molecule has 6 nitrogen and oxygen atoms in total. The van der Waals surface area contributed by atoms with Gasteiger partial charge in [-0.15, -0.1) is 0 Å². The molecule has 0 spiro atoms. The summed E-state index contributed by atoms with van der Waals surface area (Å²) in [5.41, 5.74) is -0.987. The van der Waals surface area contributed by atoms with E-state index in [9.17, 15) is 18.3 Å². The molecule has 0 aromatic rings. The van der Waals surface area contributed by atoms with E-state index in [4.69, 9.17) is 0 Å². The molecule has 1 atom stereocenters. The Morgan fingerprint density at radius 2 is 2.06 bits per heavy atom. The van der Waals surface area contributed by atoms with Crippen molar-refractivity contribution in [3.63, 3.8) is 0 Å². The average molecular weight is 278 g/mol. The molecule has 1 amide bonds. The molecule has 1 rings (SSSR count). The van der Waals surface area contributed by atoms with E-state index < -0.39 is 21.7 Å². The van der Waals surface area contributed by atoms with E-state index in [2.05, 4.69) is 0 Å². The molecule has 7 heteroatoms. The van der Waals surface area contributed by atoms with Gasteiger partial charge in [0.05, 0.1) is 11.9 Å². The van der Waals surface area contributed by atoms with E-state index >= 15 is 0 Å². The molecule has 1 unspecified atom stereocenters. The van der Waals surface area contributed by atoms with Crippen molar-refractivity contribution in [2.45, 2.75) is 38.3 Å². The van der Waals surface area contributed by atoms with Gasteiger partial charge >= 0.3 is 0 Å². The number of carbonyl (C=O) groups is 1. The van der Waals surface area contributed by atoms with Gasteiger partial charge in [-0.25, -0.2) is 8.42 Å². The summed E-state index contributed by atoms with van der Waals surface area (Å²) in [5, 5.41) is 9.68. The quantitative estimate of drug-likeness (QED) is 0.762. The van der Waals surface area contributed by atoms with Crippen LogP contribution in [-0.2, 0) is 14.8 Å². The summed E-state index contributed by atoms with van der Waals surface area (Å²) < 4.78 is 24.4. The minimum Gasteiger partial charge on any atom is -0.389 e. The van der Waals surface area contributed by atoms with Gasteiger partial charge in [0, 0.05) is 20.1 Å². The number of aliphatic hydroxyl groups is 1. The van der Waals surface area contributed by atoms with Crippen LogP contribution >= 0.6 is 0 Å². The summed E-state index contributed by atoms with van der Waals surface area (Å²) in [6, 6.07) is -0.618. The number of carbonyl (C=O) groups excluding carboxylic acids is 1. The zero-order valence-corrected chi connectivity index (χ0v) is 12.2. The van der Waals surface area contributed by atoms with Gasteiger partial charge in [0.25, 0.3) is 0 Å². The Morgan fingerprint density at radius 3 is 2.50 bits per heavy atom. The molecule has 0 radical (unpaired) electrons. The summed E-state index contributed by atoms with van der Waals surface area (Å²) in [7, 11) is -1.77. The van der Waals surface area contributed by atoms with E-state index in [1.807, 2.05) is 0 Å². The van der Waals surface area contributed by atoms with Gasteiger partial charge in [-0.3, -0.25) is 4.79 Å². The number of amides is 1. The molecule has 1 fully saturated rings. The van der Waals surface area contributed by atoms with Gasteiger partial charge in [0.1, 0.15) is 6.04 Å². The molecule has 1 N–H and O–H groups in total. The van der Waals surface area contributed by atoms with Crippen LogP contribution in [0.5, 0.6) is 0 Å². The van der Waals surface area contributed by atoms with E-state index in [1.165, 1.54) is 9.21 Å². The molecule has 106 valence electrons. The third-order valence-corrected chi connectivity index (χ3v) is 4.20. The van der Waals surface area contributed by atoms with E-state index in [-0.39, 0.29) is 12.5 Å². The Kier molecular flexibility index (Phi) is 4.40. The second kappa shape index (κ2) is 5.14. The van der Waals surface area contributed by atoms with Gasteiger partial charge in [-0.2, -0.15) is 4.31 Å². The van der Waals surface area contributed by atoms with Crippen LogP contribution in [0.15, 0.2) is 0 Å². The van der Waals surface area contributed by atoms with Gasteiger partial charge in [0.2, 0.25) is 15.9 Å². The van der Waals surface area contributed by atoms with Crippen LogP contribution in [0.25, 0.3) is 0 Å². The predicted octanol–water partition coefficient (Wildman–Crippen LogP) is -0.360. The Hall–Kier alpha value is -0.660. The first-order valence-electron chi connectivity index (χ1n) is 5.96. The van der Waals surface area contributed by atoms with Crippen LogP contribution in [0.4, 0.5) is 0 Å². The van der Waals surface area contributed by atoms with Crippen LogP contribution in [0.2, 0.25) is 0 Å². The number of sulfonamides is 1. The molecule has 18 heavy (non-hydrogen) atoms. The highest BCUT2D eigenvalue weighted by atomic mass is 32.2. The first kappa shape index (κ1) is 15.4. The fourth-order valence-electron chi connectivity index (χ4n) is 2.30. The largest absolute Gasteiger partial charge is 0.389 e. The summed E-state index contributed by atoms with van der Waals surface area (Å²) in [6.07, 6.45) is 2.36. The van der Waals surface area contributed by atoms with Gasteiger partial charge in [-0.1, -0.05) is 0 Å². The number of rotatable bonds is 4. The molecular formula is C11H22N2O4S. The van der Waals surface area contributed by atoms with E-state index in [0.717, 1.165) is 6.26 Å². The maximum Gasteiger partial charge on any atom is 0.240 e. The third kappa shape index (κ3) is 3.93. The zero-order chi connectivity index (χ0) is 14.1. The van der Waals surface area contributed by atoms with Crippen molar-refractivity contribution in [3.8, 4) is 0 Å². The lowest BCUT2D eigenvalue weighted by Crippen LogP contribution is -2.49. The minimum atomic E-state index is -3.35. The van der Waals surface area contributed by atoms with Gasteiger partial charge in [0.15, 0.2) is 0 Å². The molecule has 1 heterocycles. The SMILES string of the molecule is CN(CC(C)(C)O)C(=O)C1CCCN1S(C)(=O)=O. The average Bonchev–Trinajstić information content (AvgIpc) is 2.60.